The fourth-order valence-electron chi connectivity index (χ4n) is 2.18. The van der Waals surface area contributed by atoms with Crippen LogP contribution in [0.4, 0.5) is 5.69 Å². The van der Waals surface area contributed by atoms with E-state index in [1.807, 2.05) is 6.92 Å². The van der Waals surface area contributed by atoms with Crippen molar-refractivity contribution in [1.82, 2.24) is 14.7 Å². The zero-order valence-corrected chi connectivity index (χ0v) is 12.4. The quantitative estimate of drug-likeness (QED) is 0.500. The summed E-state index contributed by atoms with van der Waals surface area (Å²) in [4.78, 5) is 23.7. The number of hydrogen-bond acceptors (Lipinski definition) is 6. The first-order valence-electron chi connectivity index (χ1n) is 6.61. The second-order valence-corrected chi connectivity index (χ2v) is 4.75. The van der Waals surface area contributed by atoms with Gasteiger partial charge in [-0.2, -0.15) is 0 Å². The van der Waals surface area contributed by atoms with E-state index in [1.54, 1.807) is 19.2 Å². The number of nitrogens with zero attached hydrogens (tertiary/aromatic N) is 4. The van der Waals surface area contributed by atoms with Crippen LogP contribution in [-0.2, 0) is 0 Å². The zero-order chi connectivity index (χ0) is 16.3. The molecule has 0 aromatic carbocycles. The van der Waals surface area contributed by atoms with Gasteiger partial charge in [-0.3, -0.25) is 9.79 Å². The van der Waals surface area contributed by atoms with Crippen LogP contribution in [0, 0.1) is 6.92 Å². The molecular weight excluding hydrogens is 282 g/mol. The van der Waals surface area contributed by atoms with Gasteiger partial charge in [-0.25, -0.2) is 9.97 Å². The molecule has 0 fully saturated rings. The number of fused-ring (bicyclic) bond motifs is 1. The van der Waals surface area contributed by atoms with Crippen LogP contribution in [0.2, 0.25) is 0 Å². The first kappa shape index (κ1) is 15.4. The smallest absolute Gasteiger partial charge is 0.286 e. The average Bonchev–Trinajstić information content (AvgIpc) is 2.49. The van der Waals surface area contributed by atoms with E-state index in [0.29, 0.717) is 21.5 Å². The van der Waals surface area contributed by atoms with E-state index in [-0.39, 0.29) is 11.7 Å². The normalized spacial score (nSPS) is 12.9. The predicted octanol–water partition coefficient (Wildman–Crippen LogP) is 1.91. The lowest BCUT2D eigenvalue weighted by Gasteiger charge is -2.18. The molecule has 0 spiro atoms. The van der Waals surface area contributed by atoms with Gasteiger partial charge in [0, 0.05) is 12.3 Å². The van der Waals surface area contributed by atoms with Crippen molar-refractivity contribution < 1.29 is 5.21 Å². The average molecular weight is 299 g/mol. The second-order valence-electron chi connectivity index (χ2n) is 4.75. The van der Waals surface area contributed by atoms with E-state index in [4.69, 9.17) is 0 Å². The lowest BCUT2D eigenvalue weighted by Crippen LogP contribution is -2.23. The van der Waals surface area contributed by atoms with Gasteiger partial charge in [0.05, 0.1) is 22.8 Å². The van der Waals surface area contributed by atoms with Crippen molar-refractivity contribution in [3.8, 4) is 0 Å². The van der Waals surface area contributed by atoms with Crippen LogP contribution in [0.15, 0.2) is 46.6 Å². The molecule has 2 aromatic heterocycles. The molecule has 2 aromatic rings. The molecule has 1 unspecified atom stereocenters. The minimum absolute atomic E-state index is 0.153. The minimum Gasteiger partial charge on any atom is -0.423 e. The highest BCUT2D eigenvalue weighted by molar-refractivity contribution is 5.90. The molecule has 0 radical (unpaired) electrons. The fourth-order valence-corrected chi connectivity index (χ4v) is 2.18. The van der Waals surface area contributed by atoms with Gasteiger partial charge in [-0.15, -0.1) is 4.73 Å². The van der Waals surface area contributed by atoms with Crippen LogP contribution in [0.3, 0.4) is 0 Å². The predicted molar refractivity (Wildman–Crippen MR) is 86.6 cm³/mol. The Morgan fingerprint density at radius 1 is 1.55 bits per heavy atom. The third-order valence-electron chi connectivity index (χ3n) is 3.31. The van der Waals surface area contributed by atoms with Crippen LogP contribution in [0.25, 0.3) is 11.0 Å². The van der Waals surface area contributed by atoms with Crippen molar-refractivity contribution >= 4 is 23.4 Å². The molecule has 0 aliphatic heterocycles. The van der Waals surface area contributed by atoms with Crippen molar-refractivity contribution in [3.63, 3.8) is 0 Å². The summed E-state index contributed by atoms with van der Waals surface area (Å²) in [7, 11) is 0. The van der Waals surface area contributed by atoms with Crippen LogP contribution >= 0.6 is 0 Å². The Balaban J connectivity index is 2.59. The number of aliphatic imine (C=N–C) groups is 1. The molecule has 0 aliphatic rings. The summed E-state index contributed by atoms with van der Waals surface area (Å²) < 4.78 is 0.509. The number of hydrogen-bond donors (Lipinski definition) is 2. The van der Waals surface area contributed by atoms with Crippen molar-refractivity contribution in [1.29, 1.82) is 0 Å². The number of aromatic nitrogens is 3. The standard InChI is InChI=1S/C15H17N5O2/c1-5-11(7-16-4)9(2)19-12-6-13(21)20(22)15-14(12)10(3)17-8-18-15/h5-9,19,22H,1,4H2,2-3H3/b11-7+. The maximum absolute atomic E-state index is 11.9. The van der Waals surface area contributed by atoms with Gasteiger partial charge in [0.15, 0.2) is 5.65 Å². The van der Waals surface area contributed by atoms with Gasteiger partial charge in [-0.05, 0) is 26.1 Å². The number of rotatable bonds is 5. The summed E-state index contributed by atoms with van der Waals surface area (Å²) in [5, 5.41) is 13.6. The first-order chi connectivity index (χ1) is 10.5. The highest BCUT2D eigenvalue weighted by Crippen LogP contribution is 2.23. The number of nitrogens with one attached hydrogen (secondary N) is 1. The summed E-state index contributed by atoms with van der Waals surface area (Å²) in [6.07, 6.45) is 4.54. The van der Waals surface area contributed by atoms with Crippen molar-refractivity contribution in [2.24, 2.45) is 4.99 Å². The van der Waals surface area contributed by atoms with Gasteiger partial charge in [-0.1, -0.05) is 12.7 Å². The Labute approximate surface area is 127 Å². The number of aryl methyl sites for hydroxylation is 1. The molecule has 0 saturated carbocycles. The zero-order valence-electron chi connectivity index (χ0n) is 12.4. The lowest BCUT2D eigenvalue weighted by atomic mass is 10.1. The fraction of sp³-hybridized carbons (Fsp3) is 0.200. The Hall–Kier alpha value is -2.96. The molecule has 22 heavy (non-hydrogen) atoms. The second kappa shape index (κ2) is 6.21. The maximum atomic E-state index is 11.9. The summed E-state index contributed by atoms with van der Waals surface area (Å²) in [6, 6.07) is 1.14. The van der Waals surface area contributed by atoms with E-state index in [2.05, 4.69) is 33.6 Å². The first-order valence-corrected chi connectivity index (χ1v) is 6.61. The van der Waals surface area contributed by atoms with Gasteiger partial charge in [0.25, 0.3) is 5.56 Å². The van der Waals surface area contributed by atoms with Crippen molar-refractivity contribution in [2.45, 2.75) is 19.9 Å². The van der Waals surface area contributed by atoms with E-state index in [0.717, 1.165) is 5.57 Å². The van der Waals surface area contributed by atoms with Crippen molar-refractivity contribution in [3.05, 3.63) is 52.9 Å². The third-order valence-corrected chi connectivity index (χ3v) is 3.31. The van der Waals surface area contributed by atoms with Gasteiger partial charge in [0.2, 0.25) is 0 Å². The molecule has 2 heterocycles. The number of pyridine rings is 1. The molecule has 0 aliphatic carbocycles. The molecule has 0 bridgehead atoms. The Morgan fingerprint density at radius 2 is 2.27 bits per heavy atom. The molecule has 2 rings (SSSR count). The van der Waals surface area contributed by atoms with Crippen LogP contribution < -0.4 is 10.9 Å². The highest BCUT2D eigenvalue weighted by Gasteiger charge is 2.15. The topological polar surface area (TPSA) is 92.4 Å². The van der Waals surface area contributed by atoms with Crippen molar-refractivity contribution in [2.75, 3.05) is 5.32 Å². The van der Waals surface area contributed by atoms with Gasteiger partial charge in [0.1, 0.15) is 6.33 Å². The Kier molecular flexibility index (Phi) is 4.36. The summed E-state index contributed by atoms with van der Waals surface area (Å²) in [5.41, 5.74) is 1.57. The third kappa shape index (κ3) is 2.73. The van der Waals surface area contributed by atoms with Crippen LogP contribution in [0.1, 0.15) is 12.6 Å². The largest absolute Gasteiger partial charge is 0.423 e. The van der Waals surface area contributed by atoms with Crippen LogP contribution in [0.5, 0.6) is 0 Å². The maximum Gasteiger partial charge on any atom is 0.286 e. The molecule has 7 nitrogen and oxygen atoms in total. The molecule has 2 N–H and O–H groups in total. The van der Waals surface area contributed by atoms with E-state index in [9.17, 15) is 10.0 Å². The van der Waals surface area contributed by atoms with E-state index in [1.165, 1.54) is 12.4 Å². The van der Waals surface area contributed by atoms with Crippen LogP contribution in [-0.4, -0.2) is 32.7 Å². The summed E-state index contributed by atoms with van der Waals surface area (Å²) in [6.45, 7) is 10.8. The molecule has 0 amide bonds. The molecule has 114 valence electrons. The van der Waals surface area contributed by atoms with Gasteiger partial charge < -0.3 is 10.5 Å². The summed E-state index contributed by atoms with van der Waals surface area (Å²) >= 11 is 0. The molecule has 7 heteroatoms. The van der Waals surface area contributed by atoms with E-state index >= 15 is 0 Å². The molecular formula is C15H17N5O2. The summed E-state index contributed by atoms with van der Waals surface area (Å²) in [5.74, 6) is 0. The lowest BCUT2D eigenvalue weighted by molar-refractivity contribution is 0.186. The molecule has 1 atom stereocenters. The SMILES string of the molecule is C=C/C(=C\N=C)C(C)Nc1cc(=O)n(O)c2ncnc(C)c12. The minimum atomic E-state index is -0.578. The molecule has 0 saturated heterocycles. The van der Waals surface area contributed by atoms with Gasteiger partial charge >= 0.3 is 0 Å². The van der Waals surface area contributed by atoms with E-state index < -0.39 is 5.56 Å². The number of anilines is 1. The highest BCUT2D eigenvalue weighted by atomic mass is 16.5. The monoisotopic (exact) mass is 299 g/mol. The Bertz CT molecular complexity index is 823. The Morgan fingerprint density at radius 3 is 2.91 bits per heavy atom.